The van der Waals surface area contributed by atoms with Gasteiger partial charge in [-0.05, 0) is 30.0 Å². The second-order valence-electron chi connectivity index (χ2n) is 8.77. The van der Waals surface area contributed by atoms with Gasteiger partial charge in [0.05, 0.1) is 25.7 Å². The van der Waals surface area contributed by atoms with E-state index in [9.17, 15) is 14.7 Å². The average molecular weight is 489 g/mol. The molecule has 5 aromatic rings. The Bertz CT molecular complexity index is 1590. The number of hydrogen-bond acceptors (Lipinski definition) is 6. The molecule has 2 aromatic carbocycles. The zero-order valence-corrected chi connectivity index (χ0v) is 20.0. The molecule has 9 nitrogen and oxygen atoms in total. The Morgan fingerprint density at radius 2 is 1.89 bits per heavy atom. The zero-order valence-electron chi connectivity index (χ0n) is 20.0. The number of nitrogens with zero attached hydrogens (tertiary/aromatic N) is 4. The number of hydrogen-bond donors (Lipinski definition) is 1. The van der Waals surface area contributed by atoms with E-state index < -0.39 is 17.4 Å². The topological polar surface area (TPSA) is 104 Å². The first kappa shape index (κ1) is 23.6. The molecule has 0 saturated carbocycles. The highest BCUT2D eigenvalue weighted by Gasteiger charge is 2.20. The molecule has 186 valence electrons. The van der Waals surface area contributed by atoms with Crippen LogP contribution in [0, 0.1) is 0 Å². The quantitative estimate of drug-likeness (QED) is 0.323. The van der Waals surface area contributed by atoms with Gasteiger partial charge in [-0.15, -0.1) is 0 Å². The summed E-state index contributed by atoms with van der Waals surface area (Å²) < 4.78 is 15.6. The third-order valence-corrected chi connectivity index (χ3v) is 6.20. The van der Waals surface area contributed by atoms with Crippen molar-refractivity contribution in [1.82, 2.24) is 18.7 Å². The lowest BCUT2D eigenvalue weighted by atomic mass is 10.1. The fraction of sp³-hybridized carbons (Fsp3) is 0.296. The molecule has 0 saturated heterocycles. The first-order valence-electron chi connectivity index (χ1n) is 12.1. The molecule has 1 N–H and O–H groups in total. The van der Waals surface area contributed by atoms with Crippen LogP contribution in [0.5, 0.6) is 5.75 Å². The molecule has 0 aliphatic carbocycles. The number of furan rings is 1. The molecule has 1 unspecified atom stereocenters. The normalized spacial score (nSPS) is 12.4. The van der Waals surface area contributed by atoms with E-state index in [0.29, 0.717) is 35.8 Å². The van der Waals surface area contributed by atoms with E-state index in [0.717, 1.165) is 28.2 Å². The van der Waals surface area contributed by atoms with Crippen LogP contribution < -0.4 is 16.0 Å². The van der Waals surface area contributed by atoms with Gasteiger partial charge in [0.2, 0.25) is 0 Å². The number of aliphatic hydroxyl groups is 1. The van der Waals surface area contributed by atoms with Gasteiger partial charge in [-0.1, -0.05) is 49.7 Å². The van der Waals surface area contributed by atoms with Crippen molar-refractivity contribution in [3.63, 3.8) is 0 Å². The molecule has 3 aromatic heterocycles. The van der Waals surface area contributed by atoms with Crippen molar-refractivity contribution in [2.75, 3.05) is 6.61 Å². The Kier molecular flexibility index (Phi) is 6.73. The number of aryl methyl sites for hydroxylation is 1. The Morgan fingerprint density at radius 1 is 1.06 bits per heavy atom. The number of rotatable bonds is 10. The summed E-state index contributed by atoms with van der Waals surface area (Å²) in [6.07, 6.45) is 3.66. The first-order chi connectivity index (χ1) is 17.6. The van der Waals surface area contributed by atoms with Crippen LogP contribution in [-0.4, -0.2) is 36.5 Å². The molecule has 0 bridgehead atoms. The minimum absolute atomic E-state index is 0.0709. The molecular formula is C27H28N4O5. The molecule has 1 atom stereocenters. The van der Waals surface area contributed by atoms with Crippen LogP contribution in [0.15, 0.2) is 81.2 Å². The lowest BCUT2D eigenvalue weighted by Gasteiger charge is -2.16. The van der Waals surface area contributed by atoms with Gasteiger partial charge in [0.25, 0.3) is 5.56 Å². The Labute approximate surface area is 206 Å². The Morgan fingerprint density at radius 3 is 2.69 bits per heavy atom. The lowest BCUT2D eigenvalue weighted by Crippen LogP contribution is -2.44. The minimum atomic E-state index is -1.08. The van der Waals surface area contributed by atoms with E-state index in [1.54, 1.807) is 23.2 Å². The van der Waals surface area contributed by atoms with Gasteiger partial charge in [0.1, 0.15) is 24.2 Å². The summed E-state index contributed by atoms with van der Waals surface area (Å²) >= 11 is 0. The van der Waals surface area contributed by atoms with E-state index >= 15 is 0 Å². The number of benzene rings is 2. The van der Waals surface area contributed by atoms with E-state index in [4.69, 9.17) is 9.15 Å². The van der Waals surface area contributed by atoms with Crippen molar-refractivity contribution in [3.8, 4) is 5.75 Å². The van der Waals surface area contributed by atoms with Gasteiger partial charge >= 0.3 is 5.69 Å². The molecule has 3 heterocycles. The number of ether oxygens (including phenoxy) is 1. The molecular weight excluding hydrogens is 460 g/mol. The molecule has 36 heavy (non-hydrogen) atoms. The second kappa shape index (κ2) is 10.2. The molecule has 0 amide bonds. The third-order valence-electron chi connectivity index (χ3n) is 6.20. The smallest absolute Gasteiger partial charge is 0.332 e. The van der Waals surface area contributed by atoms with Crippen LogP contribution in [-0.2, 0) is 19.6 Å². The largest absolute Gasteiger partial charge is 0.490 e. The maximum Gasteiger partial charge on any atom is 0.332 e. The SMILES string of the molecule is CCCCn1c(=O)n(CC(O)COc2cccc3ccccc23)c(=O)c2c1ncn2Cc1ccco1. The number of unbranched alkanes of at least 4 members (excludes halogenated alkanes) is 1. The van der Waals surface area contributed by atoms with Crippen molar-refractivity contribution < 1.29 is 14.3 Å². The second-order valence-corrected chi connectivity index (χ2v) is 8.77. The predicted octanol–water partition coefficient (Wildman–Crippen LogP) is 3.39. The molecule has 0 fully saturated rings. The highest BCUT2D eigenvalue weighted by molar-refractivity contribution is 5.88. The fourth-order valence-electron chi connectivity index (χ4n) is 4.38. The van der Waals surface area contributed by atoms with Crippen LogP contribution in [0.1, 0.15) is 25.5 Å². The number of aromatic nitrogens is 4. The van der Waals surface area contributed by atoms with Crippen molar-refractivity contribution in [3.05, 3.63) is 93.8 Å². The zero-order chi connectivity index (χ0) is 25.1. The van der Waals surface area contributed by atoms with Crippen LogP contribution >= 0.6 is 0 Å². The van der Waals surface area contributed by atoms with E-state index in [2.05, 4.69) is 4.98 Å². The van der Waals surface area contributed by atoms with Crippen LogP contribution in [0.25, 0.3) is 21.9 Å². The maximum atomic E-state index is 13.5. The molecule has 0 aliphatic rings. The molecule has 0 spiro atoms. The van der Waals surface area contributed by atoms with Gasteiger partial charge in [-0.3, -0.25) is 13.9 Å². The van der Waals surface area contributed by atoms with Crippen molar-refractivity contribution in [2.24, 2.45) is 0 Å². The van der Waals surface area contributed by atoms with E-state index in [1.165, 1.54) is 4.57 Å². The summed E-state index contributed by atoms with van der Waals surface area (Å²) in [5.74, 6) is 1.29. The summed E-state index contributed by atoms with van der Waals surface area (Å²) in [5, 5.41) is 12.7. The van der Waals surface area contributed by atoms with E-state index in [-0.39, 0.29) is 13.2 Å². The average Bonchev–Trinajstić information content (AvgIpc) is 3.56. The number of fused-ring (bicyclic) bond motifs is 2. The number of imidazole rings is 1. The molecule has 9 heteroatoms. The summed E-state index contributed by atoms with van der Waals surface area (Å²) in [5.41, 5.74) is -0.364. The third kappa shape index (κ3) is 4.57. The van der Waals surface area contributed by atoms with Crippen LogP contribution in [0.4, 0.5) is 0 Å². The summed E-state index contributed by atoms with van der Waals surface area (Å²) in [4.78, 5) is 31.2. The summed E-state index contributed by atoms with van der Waals surface area (Å²) in [7, 11) is 0. The Balaban J connectivity index is 1.46. The maximum absolute atomic E-state index is 13.5. The van der Waals surface area contributed by atoms with Crippen LogP contribution in [0.3, 0.4) is 0 Å². The first-order valence-corrected chi connectivity index (χ1v) is 12.1. The molecule has 5 rings (SSSR count). The monoisotopic (exact) mass is 488 g/mol. The lowest BCUT2D eigenvalue weighted by molar-refractivity contribution is 0.0909. The highest BCUT2D eigenvalue weighted by Crippen LogP contribution is 2.25. The summed E-state index contributed by atoms with van der Waals surface area (Å²) in [6.45, 7) is 2.49. The highest BCUT2D eigenvalue weighted by atomic mass is 16.5. The Hall–Kier alpha value is -4.11. The van der Waals surface area contributed by atoms with E-state index in [1.807, 2.05) is 55.5 Å². The fourth-order valence-corrected chi connectivity index (χ4v) is 4.38. The van der Waals surface area contributed by atoms with Gasteiger partial charge in [-0.25, -0.2) is 9.78 Å². The van der Waals surface area contributed by atoms with Gasteiger partial charge in [0, 0.05) is 11.9 Å². The summed E-state index contributed by atoms with van der Waals surface area (Å²) in [6, 6.07) is 17.1. The number of aliphatic hydroxyl groups excluding tert-OH is 1. The minimum Gasteiger partial charge on any atom is -0.490 e. The molecule has 0 aliphatic heterocycles. The van der Waals surface area contributed by atoms with Crippen LogP contribution in [0.2, 0.25) is 0 Å². The van der Waals surface area contributed by atoms with Crippen molar-refractivity contribution >= 4 is 21.9 Å². The standard InChI is InChI=1S/C27H28N4O5/c1-2-3-13-30-25-24(29(18-28-25)16-21-10-7-14-35-21)26(33)31(27(30)34)15-20(32)17-36-23-12-6-9-19-8-4-5-11-22(19)23/h4-12,14,18,20,32H,2-3,13,15-17H2,1H3. The van der Waals surface area contributed by atoms with Gasteiger partial charge < -0.3 is 18.8 Å². The van der Waals surface area contributed by atoms with Gasteiger partial charge in [-0.2, -0.15) is 0 Å². The van der Waals surface area contributed by atoms with Crippen molar-refractivity contribution in [1.29, 1.82) is 0 Å². The molecule has 0 radical (unpaired) electrons. The predicted molar refractivity (Wildman–Crippen MR) is 136 cm³/mol. The van der Waals surface area contributed by atoms with Gasteiger partial charge in [0.15, 0.2) is 11.2 Å². The van der Waals surface area contributed by atoms with Crippen molar-refractivity contribution in [2.45, 2.75) is 45.5 Å².